The van der Waals surface area contributed by atoms with Crippen LogP contribution in [0.4, 0.5) is 25.2 Å². The third-order valence-corrected chi connectivity index (χ3v) is 25.3. The minimum absolute atomic E-state index is 0.337. The second-order valence-electron chi connectivity index (χ2n) is 10.7. The number of ether oxygens (including phenoxy) is 2. The van der Waals surface area contributed by atoms with Gasteiger partial charge in [-0.25, -0.2) is 0 Å². The molecule has 4 aliphatic rings. The van der Waals surface area contributed by atoms with Gasteiger partial charge in [0.25, 0.3) is 6.42 Å². The molecule has 0 saturated carbocycles. The number of halogens is 7. The maximum atomic E-state index is 9.87. The number of nitrogens with zero attached hydrogens (tertiary/aromatic N) is 3. The SMILES string of the molecule is Br[P+](N1CCCC1)(N1CCCC1)N1CCCC1.CCOP(=S)(OCC)SC1OCCOC1SP(=S)(OCC)OCC.F[P-](F)(F)(F)(F)F. The van der Waals surface area contributed by atoms with Crippen LogP contribution >= 0.6 is 63.9 Å². The molecule has 290 valence electrons. The third kappa shape index (κ3) is 17.8. The van der Waals surface area contributed by atoms with E-state index in [4.69, 9.17) is 51.2 Å². The van der Waals surface area contributed by atoms with Crippen LogP contribution in [0.25, 0.3) is 0 Å². The normalized spacial score (nSPS) is 25.1. The molecule has 0 spiro atoms. The van der Waals surface area contributed by atoms with E-state index in [0.717, 1.165) is 0 Å². The molecule has 0 radical (unpaired) electrons. The van der Waals surface area contributed by atoms with Gasteiger partial charge >= 0.3 is 33.0 Å². The molecule has 0 aromatic carbocycles. The molecule has 0 aromatic heterocycles. The molecule has 24 heteroatoms. The molecule has 0 amide bonds. The average Bonchev–Trinajstić information content (AvgIpc) is 3.77. The minimum atomic E-state index is -10.7. The van der Waals surface area contributed by atoms with E-state index in [-0.39, 0.29) is 10.9 Å². The summed E-state index contributed by atoms with van der Waals surface area (Å²) < 4.78 is 102. The molecule has 0 aliphatic carbocycles. The van der Waals surface area contributed by atoms with Crippen LogP contribution in [0.1, 0.15) is 66.2 Å². The van der Waals surface area contributed by atoms with Crippen molar-refractivity contribution >= 4 is 87.5 Å². The summed E-state index contributed by atoms with van der Waals surface area (Å²) in [7, 11) is -10.7. The average molecular weight is 923 g/mol. The second kappa shape index (κ2) is 19.9. The Bertz CT molecular complexity index is 958. The van der Waals surface area contributed by atoms with Gasteiger partial charge < -0.3 is 27.6 Å². The summed E-state index contributed by atoms with van der Waals surface area (Å²) in [6, 6.07) is 0. The van der Waals surface area contributed by atoms with Crippen LogP contribution in [0.3, 0.4) is 0 Å². The molecule has 48 heavy (non-hydrogen) atoms. The van der Waals surface area contributed by atoms with Gasteiger partial charge in [0.15, 0.2) is 0 Å². The van der Waals surface area contributed by atoms with Gasteiger partial charge in [-0.15, -0.1) is 14.0 Å². The molecule has 4 fully saturated rings. The zero-order valence-electron chi connectivity index (χ0n) is 27.7. The standard InChI is InChI=1S/C12H24BrN3P.C12H26O6P2S4.F6P/c13-17(14-7-1-2-8-14,15-9-3-4-10-15)16-11-5-6-12-16;1-5-15-19(21,16-6-2)23-11-12(14-10-9-13-11)24-20(22,17-7-3)18-8-4;1-7(2,3,4,5)6/h1-12H2;11-12H,5-10H2,1-4H3;/q+1;;-1. The van der Waals surface area contributed by atoms with Gasteiger partial charge in [-0.1, -0.05) is 0 Å². The van der Waals surface area contributed by atoms with Crippen molar-refractivity contribution in [3.8, 4) is 0 Å². The molecule has 0 aromatic rings. The molecule has 9 nitrogen and oxygen atoms in total. The molecule has 0 N–H and O–H groups in total. The molecule has 4 aliphatic heterocycles. The van der Waals surface area contributed by atoms with Gasteiger partial charge in [0.2, 0.25) is 26.9 Å². The Morgan fingerprint density at radius 1 is 0.625 bits per heavy atom. The predicted molar refractivity (Wildman–Crippen MR) is 202 cm³/mol. The van der Waals surface area contributed by atoms with Gasteiger partial charge in [-0.05, 0) is 113 Å². The Morgan fingerprint density at radius 3 is 1.06 bits per heavy atom. The molecule has 2 unspecified atom stereocenters. The molecule has 4 saturated heterocycles. The molecule has 4 rings (SSSR count). The fourth-order valence-corrected chi connectivity index (χ4v) is 22.4. The topological polar surface area (TPSA) is 65.1 Å². The monoisotopic (exact) mass is 921 g/mol. The summed E-state index contributed by atoms with van der Waals surface area (Å²) in [5.41, 5.74) is -5.66. The van der Waals surface area contributed by atoms with E-state index in [1.54, 1.807) is 0 Å². The van der Waals surface area contributed by atoms with Gasteiger partial charge in [0, 0.05) is 39.3 Å². The van der Waals surface area contributed by atoms with Gasteiger partial charge in [-0.2, -0.15) is 0 Å². The van der Waals surface area contributed by atoms with Crippen LogP contribution in [-0.4, -0.2) is 104 Å². The first-order chi connectivity index (χ1) is 22.2. The Morgan fingerprint density at radius 2 is 0.854 bits per heavy atom. The van der Waals surface area contributed by atoms with Crippen molar-refractivity contribution in [2.24, 2.45) is 0 Å². The summed E-state index contributed by atoms with van der Waals surface area (Å²) in [5.74, 6) is 0. The van der Waals surface area contributed by atoms with E-state index in [0.29, 0.717) is 39.6 Å². The van der Waals surface area contributed by atoms with E-state index in [2.05, 4.69) is 29.5 Å². The van der Waals surface area contributed by atoms with Crippen LogP contribution in [-0.2, 0) is 51.2 Å². The Kier molecular flexibility index (Phi) is 19.4. The number of hydrogen-bond acceptors (Lipinski definition) is 13. The van der Waals surface area contributed by atoms with Gasteiger partial charge in [0.05, 0.1) is 39.6 Å². The van der Waals surface area contributed by atoms with Crippen LogP contribution in [0.15, 0.2) is 0 Å². The number of rotatable bonds is 15. The van der Waals surface area contributed by atoms with Gasteiger partial charge in [0.1, 0.15) is 10.9 Å². The first-order valence-electron chi connectivity index (χ1n) is 16.0. The zero-order chi connectivity index (χ0) is 36.2. The third-order valence-electron chi connectivity index (χ3n) is 6.81. The van der Waals surface area contributed by atoms with Crippen molar-refractivity contribution in [1.82, 2.24) is 14.0 Å². The quantitative estimate of drug-likeness (QED) is 0.116. The summed E-state index contributed by atoms with van der Waals surface area (Å²) in [6.07, 6.45) is 7.09. The van der Waals surface area contributed by atoms with Crippen molar-refractivity contribution in [1.29, 1.82) is 0 Å². The first-order valence-corrected chi connectivity index (χ1v) is 29.9. The summed E-state index contributed by atoms with van der Waals surface area (Å²) in [6.45, 7) is 18.4. The van der Waals surface area contributed by atoms with Crippen molar-refractivity contribution in [3.05, 3.63) is 0 Å². The van der Waals surface area contributed by atoms with E-state index >= 15 is 0 Å². The van der Waals surface area contributed by atoms with E-state index in [1.165, 1.54) is 101 Å². The van der Waals surface area contributed by atoms with Crippen molar-refractivity contribution in [3.63, 3.8) is 0 Å². The Hall–Kier alpha value is 2.56. The van der Waals surface area contributed by atoms with Crippen LogP contribution in [0.5, 0.6) is 0 Å². The molecule has 2 atom stereocenters. The van der Waals surface area contributed by atoms with Crippen molar-refractivity contribution in [2.45, 2.75) is 77.1 Å². The van der Waals surface area contributed by atoms with Crippen LogP contribution in [0, 0.1) is 0 Å². The van der Waals surface area contributed by atoms with Gasteiger partial charge in [-0.3, -0.25) is 0 Å². The first kappa shape index (κ1) is 46.7. The van der Waals surface area contributed by atoms with Crippen LogP contribution < -0.4 is 0 Å². The second-order valence-corrected chi connectivity index (χ2v) is 30.7. The molecule has 0 bridgehead atoms. The molecular formula is C24H50BrF6N3O6P4S4. The Labute approximate surface area is 308 Å². The summed E-state index contributed by atoms with van der Waals surface area (Å²) in [5, 5.41) is 0. The maximum absolute atomic E-state index is 10.7. The number of hydrogen-bond donors (Lipinski definition) is 0. The van der Waals surface area contributed by atoms with Crippen LogP contribution in [0.2, 0.25) is 0 Å². The van der Waals surface area contributed by atoms with E-state index < -0.39 is 25.6 Å². The predicted octanol–water partition coefficient (Wildman–Crippen LogP) is 11.5. The Balaban J connectivity index is 0.000000287. The molecular weight excluding hydrogens is 872 g/mol. The zero-order valence-corrected chi connectivity index (χ0v) is 36.2. The van der Waals surface area contributed by atoms with Crippen molar-refractivity contribution < 1.29 is 52.8 Å². The molecule has 4 heterocycles. The fraction of sp³-hybridized carbons (Fsp3) is 1.00. The van der Waals surface area contributed by atoms with E-state index in [9.17, 15) is 25.2 Å². The fourth-order valence-electron chi connectivity index (χ4n) is 5.13. The summed E-state index contributed by atoms with van der Waals surface area (Å²) in [4.78, 5) is 0. The summed E-state index contributed by atoms with van der Waals surface area (Å²) >= 11 is 18.2. The van der Waals surface area contributed by atoms with E-state index in [1.807, 2.05) is 27.7 Å². The van der Waals surface area contributed by atoms with Crippen molar-refractivity contribution in [2.75, 3.05) is 78.9 Å².